The second-order valence-corrected chi connectivity index (χ2v) is 8.29. The zero-order valence-electron chi connectivity index (χ0n) is 13.3. The number of hydrogen-bond donors (Lipinski definition) is 2. The first-order chi connectivity index (χ1) is 12.4. The van der Waals surface area contributed by atoms with Gasteiger partial charge < -0.3 is 5.32 Å². The molecule has 26 heavy (non-hydrogen) atoms. The SMILES string of the molecule is O=C(NCc1ccc(Cl)cc1)c1ccc(S(=O)(=O)Nc2nccs2)cc1. The molecule has 1 amide bonds. The van der Waals surface area contributed by atoms with E-state index >= 15 is 0 Å². The van der Waals surface area contributed by atoms with E-state index in [1.54, 1.807) is 17.5 Å². The van der Waals surface area contributed by atoms with Crippen molar-refractivity contribution < 1.29 is 13.2 Å². The second kappa shape index (κ2) is 7.86. The maximum absolute atomic E-state index is 12.3. The first-order valence-corrected chi connectivity index (χ1v) is 10.2. The van der Waals surface area contributed by atoms with Crippen LogP contribution in [0.25, 0.3) is 0 Å². The maximum Gasteiger partial charge on any atom is 0.263 e. The normalized spacial score (nSPS) is 11.1. The van der Waals surface area contributed by atoms with Crippen LogP contribution in [0.4, 0.5) is 5.13 Å². The van der Waals surface area contributed by atoms with Crippen molar-refractivity contribution in [3.8, 4) is 0 Å². The Balaban J connectivity index is 1.64. The molecule has 0 spiro atoms. The minimum Gasteiger partial charge on any atom is -0.348 e. The van der Waals surface area contributed by atoms with Gasteiger partial charge in [-0.25, -0.2) is 13.4 Å². The molecule has 1 aromatic heterocycles. The van der Waals surface area contributed by atoms with Gasteiger partial charge in [-0.05, 0) is 42.0 Å². The highest BCUT2D eigenvalue weighted by Gasteiger charge is 2.16. The Labute approximate surface area is 159 Å². The van der Waals surface area contributed by atoms with Gasteiger partial charge in [0.25, 0.3) is 15.9 Å². The summed E-state index contributed by atoms with van der Waals surface area (Å²) in [6, 6.07) is 12.8. The molecule has 0 fully saturated rings. The Hall–Kier alpha value is -2.42. The van der Waals surface area contributed by atoms with Gasteiger partial charge in [-0.3, -0.25) is 9.52 Å². The van der Waals surface area contributed by atoms with Crippen molar-refractivity contribution in [2.75, 3.05) is 4.72 Å². The largest absolute Gasteiger partial charge is 0.348 e. The van der Waals surface area contributed by atoms with Gasteiger partial charge in [0, 0.05) is 28.7 Å². The predicted octanol–water partition coefficient (Wildman–Crippen LogP) is 3.53. The number of anilines is 1. The van der Waals surface area contributed by atoms with E-state index in [2.05, 4.69) is 15.0 Å². The van der Waals surface area contributed by atoms with E-state index in [1.165, 1.54) is 41.8 Å². The Morgan fingerprint density at radius 1 is 1.08 bits per heavy atom. The fraction of sp³-hybridized carbons (Fsp3) is 0.0588. The molecule has 2 aromatic carbocycles. The van der Waals surface area contributed by atoms with Crippen LogP contribution in [-0.4, -0.2) is 19.3 Å². The lowest BCUT2D eigenvalue weighted by molar-refractivity contribution is 0.0951. The molecule has 9 heteroatoms. The van der Waals surface area contributed by atoms with E-state index < -0.39 is 10.0 Å². The molecule has 0 unspecified atom stereocenters. The average Bonchev–Trinajstić information content (AvgIpc) is 3.13. The van der Waals surface area contributed by atoms with E-state index in [1.807, 2.05) is 12.1 Å². The molecule has 0 aliphatic heterocycles. The van der Waals surface area contributed by atoms with Crippen LogP contribution in [-0.2, 0) is 16.6 Å². The van der Waals surface area contributed by atoms with Crippen molar-refractivity contribution in [1.82, 2.24) is 10.3 Å². The van der Waals surface area contributed by atoms with Gasteiger partial charge >= 0.3 is 0 Å². The summed E-state index contributed by atoms with van der Waals surface area (Å²) in [5.41, 5.74) is 1.28. The van der Waals surface area contributed by atoms with Gasteiger partial charge in [-0.1, -0.05) is 23.7 Å². The molecule has 134 valence electrons. The topological polar surface area (TPSA) is 88.2 Å². The molecule has 0 saturated carbocycles. The summed E-state index contributed by atoms with van der Waals surface area (Å²) in [5, 5.41) is 5.36. The monoisotopic (exact) mass is 407 g/mol. The number of rotatable bonds is 6. The van der Waals surface area contributed by atoms with Crippen LogP contribution in [0, 0.1) is 0 Å². The van der Waals surface area contributed by atoms with Crippen molar-refractivity contribution >= 4 is 44.0 Å². The third-order valence-corrected chi connectivity index (χ3v) is 5.87. The first-order valence-electron chi connectivity index (χ1n) is 7.49. The van der Waals surface area contributed by atoms with Crippen LogP contribution in [0.3, 0.4) is 0 Å². The molecule has 3 aromatic rings. The van der Waals surface area contributed by atoms with Gasteiger partial charge in [0.2, 0.25) is 0 Å². The molecule has 6 nitrogen and oxygen atoms in total. The summed E-state index contributed by atoms with van der Waals surface area (Å²) < 4.78 is 26.9. The van der Waals surface area contributed by atoms with Gasteiger partial charge in [-0.15, -0.1) is 11.3 Å². The smallest absolute Gasteiger partial charge is 0.263 e. The minimum atomic E-state index is -3.73. The molecular formula is C17H14ClN3O3S2. The van der Waals surface area contributed by atoms with Crippen molar-refractivity contribution in [1.29, 1.82) is 0 Å². The Bertz CT molecular complexity index is 987. The van der Waals surface area contributed by atoms with Crippen molar-refractivity contribution in [3.05, 3.63) is 76.3 Å². The Morgan fingerprint density at radius 2 is 1.77 bits per heavy atom. The quantitative estimate of drug-likeness (QED) is 0.654. The number of carbonyl (C=O) groups excluding carboxylic acids is 1. The highest BCUT2D eigenvalue weighted by molar-refractivity contribution is 7.93. The van der Waals surface area contributed by atoms with Gasteiger partial charge in [0.15, 0.2) is 5.13 Å². The van der Waals surface area contributed by atoms with Gasteiger partial charge in [0.05, 0.1) is 4.90 Å². The summed E-state index contributed by atoms with van der Waals surface area (Å²) in [5.74, 6) is -0.295. The van der Waals surface area contributed by atoms with E-state index in [4.69, 9.17) is 11.6 Å². The molecule has 0 aliphatic carbocycles. The maximum atomic E-state index is 12.3. The van der Waals surface area contributed by atoms with Crippen molar-refractivity contribution in [2.24, 2.45) is 0 Å². The molecule has 2 N–H and O–H groups in total. The molecule has 0 saturated heterocycles. The lowest BCUT2D eigenvalue weighted by atomic mass is 10.2. The van der Waals surface area contributed by atoms with Crippen molar-refractivity contribution in [2.45, 2.75) is 11.4 Å². The fourth-order valence-electron chi connectivity index (χ4n) is 2.12. The average molecular weight is 408 g/mol. The van der Waals surface area contributed by atoms with Crippen LogP contribution in [0.5, 0.6) is 0 Å². The molecule has 0 bridgehead atoms. The van der Waals surface area contributed by atoms with Gasteiger partial charge in [0.1, 0.15) is 0 Å². The standard InChI is InChI=1S/C17H14ClN3O3S2/c18-14-5-1-12(2-6-14)11-20-16(22)13-3-7-15(8-4-13)26(23,24)21-17-19-9-10-25-17/h1-10H,11H2,(H,19,21)(H,20,22). The number of halogens is 1. The molecule has 1 heterocycles. The Morgan fingerprint density at radius 3 is 2.38 bits per heavy atom. The predicted molar refractivity (Wildman–Crippen MR) is 102 cm³/mol. The number of thiazole rings is 1. The van der Waals surface area contributed by atoms with E-state index in [0.717, 1.165) is 5.56 Å². The molecule has 0 atom stereocenters. The highest BCUT2D eigenvalue weighted by atomic mass is 35.5. The number of amides is 1. The molecular weight excluding hydrogens is 394 g/mol. The number of hydrogen-bond acceptors (Lipinski definition) is 5. The summed E-state index contributed by atoms with van der Waals surface area (Å²) in [4.78, 5) is 16.1. The van der Waals surface area contributed by atoms with Crippen LogP contribution in [0.2, 0.25) is 5.02 Å². The highest BCUT2D eigenvalue weighted by Crippen LogP contribution is 2.18. The van der Waals surface area contributed by atoms with E-state index in [0.29, 0.717) is 17.1 Å². The Kier molecular flexibility index (Phi) is 5.55. The second-order valence-electron chi connectivity index (χ2n) is 5.28. The zero-order chi connectivity index (χ0) is 18.6. The zero-order valence-corrected chi connectivity index (χ0v) is 15.7. The number of sulfonamides is 1. The third-order valence-electron chi connectivity index (χ3n) is 3.45. The lowest BCUT2D eigenvalue weighted by Gasteiger charge is -2.08. The van der Waals surface area contributed by atoms with E-state index in [9.17, 15) is 13.2 Å². The lowest BCUT2D eigenvalue weighted by Crippen LogP contribution is -2.22. The number of carbonyl (C=O) groups is 1. The number of nitrogens with one attached hydrogen (secondary N) is 2. The van der Waals surface area contributed by atoms with E-state index in [-0.39, 0.29) is 15.9 Å². The van der Waals surface area contributed by atoms with Crippen molar-refractivity contribution in [3.63, 3.8) is 0 Å². The minimum absolute atomic E-state index is 0.0574. The number of nitrogens with zero attached hydrogens (tertiary/aromatic N) is 1. The number of benzene rings is 2. The molecule has 0 aliphatic rings. The van der Waals surface area contributed by atoms with Crippen LogP contribution in [0.15, 0.2) is 65.0 Å². The van der Waals surface area contributed by atoms with Crippen LogP contribution in [0.1, 0.15) is 15.9 Å². The summed E-state index contributed by atoms with van der Waals surface area (Å²) in [6.45, 7) is 0.349. The van der Waals surface area contributed by atoms with Crippen LogP contribution >= 0.6 is 22.9 Å². The molecule has 0 radical (unpaired) electrons. The van der Waals surface area contributed by atoms with Crippen LogP contribution < -0.4 is 10.0 Å². The number of aromatic nitrogens is 1. The van der Waals surface area contributed by atoms with Gasteiger partial charge in [-0.2, -0.15) is 0 Å². The molecule has 3 rings (SSSR count). The summed E-state index contributed by atoms with van der Waals surface area (Å²) in [7, 11) is -3.73. The summed E-state index contributed by atoms with van der Waals surface area (Å²) in [6.07, 6.45) is 1.51. The third kappa shape index (κ3) is 4.60. The first kappa shape index (κ1) is 18.4. The fourth-order valence-corrected chi connectivity index (χ4v) is 4.03. The summed E-state index contributed by atoms with van der Waals surface area (Å²) >= 11 is 7.01.